The Morgan fingerprint density at radius 2 is 2.24 bits per heavy atom. The van der Waals surface area contributed by atoms with Crippen molar-refractivity contribution < 1.29 is 4.79 Å². The summed E-state index contributed by atoms with van der Waals surface area (Å²) in [6, 6.07) is 6.26. The minimum atomic E-state index is 0. The summed E-state index contributed by atoms with van der Waals surface area (Å²) in [5, 5.41) is 3.27. The van der Waals surface area contributed by atoms with Gasteiger partial charge < -0.3 is 11.1 Å². The van der Waals surface area contributed by atoms with Crippen LogP contribution in [0.5, 0.6) is 0 Å². The first-order chi connectivity index (χ1) is 9.53. The van der Waals surface area contributed by atoms with E-state index in [0.29, 0.717) is 0 Å². The van der Waals surface area contributed by atoms with Crippen LogP contribution in [0.1, 0.15) is 56.7 Å². The van der Waals surface area contributed by atoms with Gasteiger partial charge in [0, 0.05) is 11.6 Å². The predicted octanol–water partition coefficient (Wildman–Crippen LogP) is 3.62. The van der Waals surface area contributed by atoms with E-state index in [1.165, 1.54) is 11.1 Å². The van der Waals surface area contributed by atoms with Gasteiger partial charge in [-0.3, -0.25) is 4.79 Å². The van der Waals surface area contributed by atoms with Crippen LogP contribution < -0.4 is 11.1 Å². The van der Waals surface area contributed by atoms with E-state index in [4.69, 9.17) is 5.73 Å². The number of nitrogens with two attached hydrogens (primary N) is 1. The highest BCUT2D eigenvalue weighted by atomic mass is 35.5. The first-order valence-electron chi connectivity index (χ1n) is 7.72. The molecule has 2 aliphatic carbocycles. The fraction of sp³-hybridized carbons (Fsp3) is 0.588. The summed E-state index contributed by atoms with van der Waals surface area (Å²) < 4.78 is 0. The van der Waals surface area contributed by atoms with Crippen molar-refractivity contribution in [1.29, 1.82) is 0 Å². The Hall–Kier alpha value is -1.22. The van der Waals surface area contributed by atoms with Crippen molar-refractivity contribution >= 4 is 24.0 Å². The second-order valence-corrected chi connectivity index (χ2v) is 6.68. The Bertz CT molecular complexity index is 546. The van der Waals surface area contributed by atoms with Crippen LogP contribution in [0, 0.1) is 11.3 Å². The molecule has 0 spiro atoms. The van der Waals surface area contributed by atoms with Crippen LogP contribution >= 0.6 is 12.4 Å². The number of amides is 1. The Morgan fingerprint density at radius 1 is 1.48 bits per heavy atom. The first kappa shape index (κ1) is 16.2. The third-order valence-electron chi connectivity index (χ3n) is 5.27. The molecule has 1 saturated carbocycles. The summed E-state index contributed by atoms with van der Waals surface area (Å²) >= 11 is 0. The second-order valence-electron chi connectivity index (χ2n) is 6.68. The van der Waals surface area contributed by atoms with Gasteiger partial charge in [0.2, 0.25) is 5.91 Å². The number of nitrogens with one attached hydrogen (secondary N) is 1. The molecule has 2 aliphatic rings. The van der Waals surface area contributed by atoms with Gasteiger partial charge in [0.1, 0.15) is 0 Å². The molecule has 0 aliphatic heterocycles. The van der Waals surface area contributed by atoms with Crippen molar-refractivity contribution in [3.8, 4) is 0 Å². The minimum absolute atomic E-state index is 0. The summed E-state index contributed by atoms with van der Waals surface area (Å²) in [6.07, 6.45) is 5.36. The Balaban J connectivity index is 0.00000161. The normalized spacial score (nSPS) is 30.0. The molecule has 0 heterocycles. The third kappa shape index (κ3) is 3.03. The van der Waals surface area contributed by atoms with E-state index in [1.54, 1.807) is 0 Å². The molecule has 1 aromatic carbocycles. The highest BCUT2D eigenvalue weighted by molar-refractivity contribution is 5.85. The van der Waals surface area contributed by atoms with Crippen LogP contribution in [0.3, 0.4) is 0 Å². The quantitative estimate of drug-likeness (QED) is 0.838. The Morgan fingerprint density at radius 3 is 2.90 bits per heavy atom. The van der Waals surface area contributed by atoms with E-state index in [2.05, 4.69) is 31.3 Å². The molecular weight excluding hydrogens is 284 g/mol. The van der Waals surface area contributed by atoms with Gasteiger partial charge in [0.05, 0.1) is 6.04 Å². The number of benzene rings is 1. The molecule has 3 nitrogen and oxygen atoms in total. The lowest BCUT2D eigenvalue weighted by atomic mass is 9.87. The number of hydrogen-bond acceptors (Lipinski definition) is 2. The maximum absolute atomic E-state index is 12.4. The maximum Gasteiger partial charge on any atom is 0.224 e. The lowest BCUT2D eigenvalue weighted by molar-refractivity contribution is -0.124. The van der Waals surface area contributed by atoms with Gasteiger partial charge >= 0.3 is 0 Å². The van der Waals surface area contributed by atoms with Gasteiger partial charge in [-0.1, -0.05) is 19.9 Å². The van der Waals surface area contributed by atoms with Gasteiger partial charge in [0.15, 0.2) is 0 Å². The van der Waals surface area contributed by atoms with Gasteiger partial charge in [-0.15, -0.1) is 12.4 Å². The summed E-state index contributed by atoms with van der Waals surface area (Å²) in [6.45, 7) is 4.39. The molecule has 4 heteroatoms. The third-order valence-corrected chi connectivity index (χ3v) is 5.27. The zero-order valence-electron chi connectivity index (χ0n) is 12.8. The van der Waals surface area contributed by atoms with E-state index in [1.807, 2.05) is 6.07 Å². The Kier molecular flexibility index (Phi) is 4.52. The zero-order chi connectivity index (χ0) is 14.3. The number of halogens is 1. The van der Waals surface area contributed by atoms with Crippen LogP contribution in [0.4, 0.5) is 5.69 Å². The summed E-state index contributed by atoms with van der Waals surface area (Å²) in [5.41, 5.74) is 9.47. The van der Waals surface area contributed by atoms with E-state index in [-0.39, 0.29) is 35.7 Å². The number of rotatable bonds is 3. The highest BCUT2D eigenvalue weighted by Gasteiger charge is 2.53. The molecule has 0 saturated heterocycles. The zero-order valence-corrected chi connectivity index (χ0v) is 13.6. The fourth-order valence-corrected chi connectivity index (χ4v) is 3.46. The molecule has 1 amide bonds. The summed E-state index contributed by atoms with van der Waals surface area (Å²) in [7, 11) is 0. The smallest absolute Gasteiger partial charge is 0.224 e. The molecule has 3 unspecified atom stereocenters. The van der Waals surface area contributed by atoms with Crippen molar-refractivity contribution in [3.63, 3.8) is 0 Å². The second kappa shape index (κ2) is 5.88. The average molecular weight is 309 g/mol. The summed E-state index contributed by atoms with van der Waals surface area (Å²) in [5.74, 6) is 0.454. The molecule has 21 heavy (non-hydrogen) atoms. The maximum atomic E-state index is 12.4. The topological polar surface area (TPSA) is 55.1 Å². The van der Waals surface area contributed by atoms with Crippen molar-refractivity contribution in [2.24, 2.45) is 11.3 Å². The highest BCUT2D eigenvalue weighted by Crippen LogP contribution is 2.55. The largest absolute Gasteiger partial charge is 0.399 e. The number of hydrogen-bond donors (Lipinski definition) is 2. The molecule has 116 valence electrons. The van der Waals surface area contributed by atoms with Crippen molar-refractivity contribution in [2.75, 3.05) is 5.73 Å². The SMILES string of the molecule is CCC1(C)CC1C(=O)NC1CCCc2cc(N)ccc21.Cl. The molecule has 0 radical (unpaired) electrons. The lowest BCUT2D eigenvalue weighted by Gasteiger charge is -2.27. The Labute approximate surface area is 133 Å². The molecule has 1 fully saturated rings. The van der Waals surface area contributed by atoms with Crippen LogP contribution in [-0.2, 0) is 11.2 Å². The molecule has 0 bridgehead atoms. The molecule has 3 N–H and O–H groups in total. The van der Waals surface area contributed by atoms with Gasteiger partial charge in [-0.05, 0) is 60.8 Å². The monoisotopic (exact) mass is 308 g/mol. The molecule has 3 rings (SSSR count). The number of aryl methyl sites for hydroxylation is 1. The number of nitrogen functional groups attached to an aromatic ring is 1. The number of carbonyl (C=O) groups is 1. The number of anilines is 1. The molecule has 0 aromatic heterocycles. The lowest BCUT2D eigenvalue weighted by Crippen LogP contribution is -2.33. The van der Waals surface area contributed by atoms with Crippen molar-refractivity contribution in [1.82, 2.24) is 5.32 Å². The number of carbonyl (C=O) groups excluding carboxylic acids is 1. The molecule has 1 aromatic rings. The average Bonchev–Trinajstić information content (AvgIpc) is 3.12. The first-order valence-corrected chi connectivity index (χ1v) is 7.72. The molecule has 3 atom stereocenters. The standard InChI is InChI=1S/C17H24N2O.ClH/c1-3-17(2)10-14(17)16(20)19-15-6-4-5-11-9-12(18)7-8-13(11)15;/h7-9,14-15H,3-6,10,18H2,1-2H3,(H,19,20);1H. The van der Waals surface area contributed by atoms with Gasteiger partial charge in [-0.25, -0.2) is 0 Å². The van der Waals surface area contributed by atoms with Crippen molar-refractivity contribution in [3.05, 3.63) is 29.3 Å². The van der Waals surface area contributed by atoms with Crippen LogP contribution in [0.25, 0.3) is 0 Å². The number of fused-ring (bicyclic) bond motifs is 1. The van der Waals surface area contributed by atoms with Crippen molar-refractivity contribution in [2.45, 2.75) is 52.0 Å². The van der Waals surface area contributed by atoms with E-state index in [0.717, 1.165) is 37.8 Å². The predicted molar refractivity (Wildman–Crippen MR) is 88.4 cm³/mol. The van der Waals surface area contributed by atoms with Crippen LogP contribution in [-0.4, -0.2) is 5.91 Å². The molecular formula is C17H25ClN2O. The van der Waals surface area contributed by atoms with E-state index < -0.39 is 0 Å². The van der Waals surface area contributed by atoms with E-state index >= 15 is 0 Å². The van der Waals surface area contributed by atoms with E-state index in [9.17, 15) is 4.79 Å². The van der Waals surface area contributed by atoms with Crippen LogP contribution in [0.2, 0.25) is 0 Å². The summed E-state index contributed by atoms with van der Waals surface area (Å²) in [4.78, 5) is 12.4. The van der Waals surface area contributed by atoms with Gasteiger partial charge in [-0.2, -0.15) is 0 Å². The van der Waals surface area contributed by atoms with Crippen LogP contribution in [0.15, 0.2) is 18.2 Å². The van der Waals surface area contributed by atoms with Gasteiger partial charge in [0.25, 0.3) is 0 Å². The minimum Gasteiger partial charge on any atom is -0.399 e. The fourth-order valence-electron chi connectivity index (χ4n) is 3.46.